The zero-order chi connectivity index (χ0) is 24.3. The van der Waals surface area contributed by atoms with Crippen LogP contribution in [0.3, 0.4) is 0 Å². The Labute approximate surface area is 200 Å². The van der Waals surface area contributed by atoms with Crippen molar-refractivity contribution in [3.8, 4) is 5.75 Å². The van der Waals surface area contributed by atoms with Gasteiger partial charge in [-0.15, -0.1) is 0 Å². The number of nitro benzene ring substituents is 1. The van der Waals surface area contributed by atoms with Crippen molar-refractivity contribution in [2.75, 3.05) is 5.32 Å². The van der Waals surface area contributed by atoms with Crippen molar-refractivity contribution >= 4 is 41.0 Å². The third-order valence-electron chi connectivity index (χ3n) is 4.55. The SMILES string of the molecule is O=C(CCC(=O)Nc1ccccc1Cl)NN=Cc1ccc(OCc2ccccc2)c([N+](=O)[O-])c1. The minimum absolute atomic E-state index is 0.0640. The quantitative estimate of drug-likeness (QED) is 0.247. The van der Waals surface area contributed by atoms with Gasteiger partial charge >= 0.3 is 5.69 Å². The molecular weight excluding hydrogens is 460 g/mol. The summed E-state index contributed by atoms with van der Waals surface area (Å²) in [4.78, 5) is 34.8. The van der Waals surface area contributed by atoms with Crippen LogP contribution < -0.4 is 15.5 Å². The highest BCUT2D eigenvalue weighted by Gasteiger charge is 2.16. The van der Waals surface area contributed by atoms with E-state index in [1.807, 2.05) is 30.3 Å². The molecule has 0 aliphatic carbocycles. The number of anilines is 1. The number of nitrogens with zero attached hydrogens (tertiary/aromatic N) is 2. The molecule has 174 valence electrons. The van der Waals surface area contributed by atoms with Crippen molar-refractivity contribution in [2.45, 2.75) is 19.4 Å². The summed E-state index contributed by atoms with van der Waals surface area (Å²) < 4.78 is 5.58. The minimum atomic E-state index is -0.548. The number of hydrogen-bond acceptors (Lipinski definition) is 6. The summed E-state index contributed by atoms with van der Waals surface area (Å²) >= 11 is 5.98. The smallest absolute Gasteiger partial charge is 0.311 e. The summed E-state index contributed by atoms with van der Waals surface area (Å²) in [6, 6.07) is 20.4. The third kappa shape index (κ3) is 7.42. The molecule has 0 atom stereocenters. The summed E-state index contributed by atoms with van der Waals surface area (Å²) in [7, 11) is 0. The van der Waals surface area contributed by atoms with E-state index in [-0.39, 0.29) is 36.8 Å². The summed E-state index contributed by atoms with van der Waals surface area (Å²) in [5.74, 6) is -0.726. The molecule has 3 aromatic rings. The molecule has 0 bridgehead atoms. The van der Waals surface area contributed by atoms with Crippen LogP contribution in [0.5, 0.6) is 5.75 Å². The minimum Gasteiger partial charge on any atom is -0.482 e. The van der Waals surface area contributed by atoms with Crippen molar-refractivity contribution in [3.05, 3.63) is 99.1 Å². The fourth-order valence-corrected chi connectivity index (χ4v) is 3.03. The number of para-hydroxylation sites is 1. The summed E-state index contributed by atoms with van der Waals surface area (Å²) in [5, 5.41) is 18.3. The molecule has 9 nitrogen and oxygen atoms in total. The largest absolute Gasteiger partial charge is 0.482 e. The van der Waals surface area contributed by atoms with Crippen molar-refractivity contribution < 1.29 is 19.2 Å². The summed E-state index contributed by atoms with van der Waals surface area (Å²) in [5.41, 5.74) is 3.82. The van der Waals surface area contributed by atoms with Gasteiger partial charge in [0, 0.05) is 24.5 Å². The molecule has 0 saturated carbocycles. The van der Waals surface area contributed by atoms with Gasteiger partial charge in [0.15, 0.2) is 5.75 Å². The molecule has 0 radical (unpaired) electrons. The lowest BCUT2D eigenvalue weighted by molar-refractivity contribution is -0.385. The highest BCUT2D eigenvalue weighted by molar-refractivity contribution is 6.33. The van der Waals surface area contributed by atoms with E-state index < -0.39 is 10.8 Å². The first-order valence-corrected chi connectivity index (χ1v) is 10.6. The van der Waals surface area contributed by atoms with Crippen LogP contribution in [0.4, 0.5) is 11.4 Å². The average molecular weight is 481 g/mol. The van der Waals surface area contributed by atoms with Crippen molar-refractivity contribution in [3.63, 3.8) is 0 Å². The lowest BCUT2D eigenvalue weighted by Gasteiger charge is -2.07. The number of carbonyl (C=O) groups excluding carboxylic acids is 2. The number of hydrazone groups is 1. The van der Waals surface area contributed by atoms with E-state index in [2.05, 4.69) is 15.8 Å². The number of ether oxygens (including phenoxy) is 1. The van der Waals surface area contributed by atoms with Gasteiger partial charge < -0.3 is 10.1 Å². The Kier molecular flexibility index (Phi) is 8.70. The molecule has 0 saturated heterocycles. The van der Waals surface area contributed by atoms with Crippen LogP contribution >= 0.6 is 11.6 Å². The summed E-state index contributed by atoms with van der Waals surface area (Å²) in [6.45, 7) is 0.190. The van der Waals surface area contributed by atoms with Crippen LogP contribution in [0.15, 0.2) is 77.9 Å². The maximum absolute atomic E-state index is 12.0. The van der Waals surface area contributed by atoms with Gasteiger partial charge in [0.1, 0.15) is 6.61 Å². The second-order valence-corrected chi connectivity index (χ2v) is 7.49. The fourth-order valence-electron chi connectivity index (χ4n) is 2.85. The van der Waals surface area contributed by atoms with Gasteiger partial charge in [-0.25, -0.2) is 5.43 Å². The second-order valence-electron chi connectivity index (χ2n) is 7.08. The van der Waals surface area contributed by atoms with Crippen LogP contribution in [-0.2, 0) is 16.2 Å². The first kappa shape index (κ1) is 24.4. The Hall–Kier alpha value is -4.24. The summed E-state index contributed by atoms with van der Waals surface area (Å²) in [6.07, 6.45) is 1.11. The monoisotopic (exact) mass is 480 g/mol. The molecule has 0 unspecified atom stereocenters. The van der Waals surface area contributed by atoms with E-state index in [1.165, 1.54) is 18.3 Å². The molecule has 0 aliphatic heterocycles. The predicted molar refractivity (Wildman–Crippen MR) is 129 cm³/mol. The molecule has 0 aliphatic rings. The van der Waals surface area contributed by atoms with Crippen LogP contribution in [0, 0.1) is 10.1 Å². The number of rotatable bonds is 10. The van der Waals surface area contributed by atoms with Gasteiger partial charge in [-0.3, -0.25) is 19.7 Å². The highest BCUT2D eigenvalue weighted by atomic mass is 35.5. The molecule has 2 N–H and O–H groups in total. The Balaban J connectivity index is 1.50. The molecule has 2 amide bonds. The van der Waals surface area contributed by atoms with E-state index in [4.69, 9.17) is 16.3 Å². The van der Waals surface area contributed by atoms with Crippen LogP contribution in [0.1, 0.15) is 24.0 Å². The molecule has 34 heavy (non-hydrogen) atoms. The molecule has 3 aromatic carbocycles. The van der Waals surface area contributed by atoms with Crippen molar-refractivity contribution in [1.29, 1.82) is 0 Å². The van der Waals surface area contributed by atoms with Gasteiger partial charge in [-0.2, -0.15) is 5.10 Å². The number of hydrogen-bond donors (Lipinski definition) is 2. The van der Waals surface area contributed by atoms with Gasteiger partial charge in [0.25, 0.3) is 0 Å². The Morgan fingerprint density at radius 1 is 1.00 bits per heavy atom. The number of benzene rings is 3. The number of amides is 2. The van der Waals surface area contributed by atoms with Crippen LogP contribution in [-0.4, -0.2) is 23.0 Å². The Morgan fingerprint density at radius 2 is 1.71 bits per heavy atom. The number of nitro groups is 1. The van der Waals surface area contributed by atoms with Crippen LogP contribution in [0.25, 0.3) is 0 Å². The molecule has 0 heterocycles. The Bertz CT molecular complexity index is 1200. The van der Waals surface area contributed by atoms with Gasteiger partial charge in [0.2, 0.25) is 11.8 Å². The van der Waals surface area contributed by atoms with E-state index in [9.17, 15) is 19.7 Å². The maximum atomic E-state index is 12.0. The first-order chi connectivity index (χ1) is 16.4. The second kappa shape index (κ2) is 12.1. The van der Waals surface area contributed by atoms with Gasteiger partial charge in [0.05, 0.1) is 21.8 Å². The predicted octanol–water partition coefficient (Wildman–Crippen LogP) is 4.70. The van der Waals surface area contributed by atoms with Crippen molar-refractivity contribution in [1.82, 2.24) is 5.43 Å². The molecule has 0 spiro atoms. The molecule has 0 aromatic heterocycles. The van der Waals surface area contributed by atoms with Crippen molar-refractivity contribution in [2.24, 2.45) is 5.10 Å². The lowest BCUT2D eigenvalue weighted by Crippen LogP contribution is -2.20. The van der Waals surface area contributed by atoms with Gasteiger partial charge in [-0.05, 0) is 29.8 Å². The fraction of sp³-hybridized carbons (Fsp3) is 0.125. The average Bonchev–Trinajstić information content (AvgIpc) is 2.84. The first-order valence-electron chi connectivity index (χ1n) is 10.2. The van der Waals surface area contributed by atoms with E-state index >= 15 is 0 Å². The van der Waals surface area contributed by atoms with E-state index in [0.29, 0.717) is 16.3 Å². The zero-order valence-electron chi connectivity index (χ0n) is 17.9. The number of carbonyl (C=O) groups is 2. The Morgan fingerprint density at radius 3 is 2.44 bits per heavy atom. The maximum Gasteiger partial charge on any atom is 0.311 e. The molecule has 0 fully saturated rings. The number of halogens is 1. The highest BCUT2D eigenvalue weighted by Crippen LogP contribution is 2.28. The number of nitrogens with one attached hydrogen (secondary N) is 2. The normalized spacial score (nSPS) is 10.6. The molecule has 10 heteroatoms. The standard InChI is InChI=1S/C24H21ClN4O5/c25-19-8-4-5-9-20(19)27-23(30)12-13-24(31)28-26-15-18-10-11-22(21(14-18)29(32)33)34-16-17-6-2-1-3-7-17/h1-11,14-15H,12-13,16H2,(H,27,30)(H,28,31). The third-order valence-corrected chi connectivity index (χ3v) is 4.88. The topological polar surface area (TPSA) is 123 Å². The van der Waals surface area contributed by atoms with Crippen LogP contribution in [0.2, 0.25) is 5.02 Å². The molecule has 3 rings (SSSR count). The van der Waals surface area contributed by atoms with Gasteiger partial charge in [-0.1, -0.05) is 54.1 Å². The molecular formula is C24H21ClN4O5. The van der Waals surface area contributed by atoms with E-state index in [1.54, 1.807) is 30.3 Å². The lowest BCUT2D eigenvalue weighted by atomic mass is 10.2. The van der Waals surface area contributed by atoms with E-state index in [0.717, 1.165) is 5.56 Å². The zero-order valence-corrected chi connectivity index (χ0v) is 18.7.